The van der Waals surface area contributed by atoms with Gasteiger partial charge in [-0.2, -0.15) is 0 Å². The predicted molar refractivity (Wildman–Crippen MR) is 237 cm³/mol. The standard InChI is InChI=1S/C49H91NO8/c1-6-8-10-12-14-16-18-20-21-22-23-24-25-26-28-29-31-33-35-37-39-46(51)56-43-45(44-57-49(48(53)54)55-42-41-50(3,4)5)58-47(52)40-38-36-34-32-30-27-19-17-15-13-11-9-7-2/h11,13,17,19,45,49H,6-10,12,14-16,18,20-44H2,1-5H3/b13-11-,19-17-. The summed E-state index contributed by atoms with van der Waals surface area (Å²) < 4.78 is 22.6. The van der Waals surface area contributed by atoms with Crippen molar-refractivity contribution < 1.29 is 42.9 Å². The maximum absolute atomic E-state index is 12.7. The third-order valence-electron chi connectivity index (χ3n) is 10.4. The molecule has 0 heterocycles. The summed E-state index contributed by atoms with van der Waals surface area (Å²) in [5.74, 6) is -2.29. The van der Waals surface area contributed by atoms with Gasteiger partial charge in [-0.25, -0.2) is 0 Å². The van der Waals surface area contributed by atoms with Gasteiger partial charge >= 0.3 is 11.9 Å². The molecule has 0 amide bonds. The first kappa shape index (κ1) is 55.8. The lowest BCUT2D eigenvalue weighted by molar-refractivity contribution is -0.870. The number of likely N-dealkylation sites (N-methyl/N-ethyl adjacent to an activating group) is 1. The van der Waals surface area contributed by atoms with Gasteiger partial charge < -0.3 is 33.3 Å². The molecule has 9 nitrogen and oxygen atoms in total. The monoisotopic (exact) mass is 822 g/mol. The van der Waals surface area contributed by atoms with Gasteiger partial charge in [0.1, 0.15) is 13.2 Å². The number of hydrogen-bond donors (Lipinski definition) is 0. The molecule has 9 heteroatoms. The summed E-state index contributed by atoms with van der Waals surface area (Å²) in [6, 6.07) is 0. The van der Waals surface area contributed by atoms with Crippen molar-refractivity contribution in [3.63, 3.8) is 0 Å². The van der Waals surface area contributed by atoms with Gasteiger partial charge in [0, 0.05) is 12.8 Å². The lowest BCUT2D eigenvalue weighted by Crippen LogP contribution is -2.44. The third-order valence-corrected chi connectivity index (χ3v) is 10.4. The van der Waals surface area contributed by atoms with Gasteiger partial charge in [-0.05, 0) is 38.5 Å². The molecule has 0 fully saturated rings. The van der Waals surface area contributed by atoms with Crippen molar-refractivity contribution in [3.05, 3.63) is 24.3 Å². The highest BCUT2D eigenvalue weighted by Crippen LogP contribution is 2.16. The largest absolute Gasteiger partial charge is 0.545 e. The molecule has 0 rings (SSSR count). The summed E-state index contributed by atoms with van der Waals surface area (Å²) in [6.07, 6.45) is 42.1. The van der Waals surface area contributed by atoms with Crippen molar-refractivity contribution in [2.24, 2.45) is 0 Å². The highest BCUT2D eigenvalue weighted by atomic mass is 16.7. The predicted octanol–water partition coefficient (Wildman–Crippen LogP) is 11.5. The molecule has 0 aliphatic rings. The third kappa shape index (κ3) is 41.9. The van der Waals surface area contributed by atoms with E-state index in [1.54, 1.807) is 0 Å². The van der Waals surface area contributed by atoms with Gasteiger partial charge in [0.25, 0.3) is 0 Å². The zero-order valence-corrected chi connectivity index (χ0v) is 38.4. The van der Waals surface area contributed by atoms with Crippen molar-refractivity contribution in [1.29, 1.82) is 0 Å². The molecule has 0 bridgehead atoms. The molecule has 0 N–H and O–H groups in total. The first-order chi connectivity index (χ1) is 28.1. The minimum absolute atomic E-state index is 0.147. The number of rotatable bonds is 44. The number of carboxylic acid groups (broad SMARTS) is 1. The summed E-state index contributed by atoms with van der Waals surface area (Å²) >= 11 is 0. The van der Waals surface area contributed by atoms with Crippen LogP contribution in [0.1, 0.15) is 213 Å². The minimum atomic E-state index is -1.62. The normalized spacial score (nSPS) is 13.1. The van der Waals surface area contributed by atoms with Crippen LogP contribution in [-0.2, 0) is 33.3 Å². The van der Waals surface area contributed by atoms with Crippen molar-refractivity contribution in [3.8, 4) is 0 Å². The number of ether oxygens (including phenoxy) is 4. The molecule has 2 atom stereocenters. The Morgan fingerprint density at radius 2 is 0.966 bits per heavy atom. The Balaban J connectivity index is 4.32. The van der Waals surface area contributed by atoms with Gasteiger partial charge in [0.15, 0.2) is 12.4 Å². The highest BCUT2D eigenvalue weighted by Gasteiger charge is 2.21. The van der Waals surface area contributed by atoms with E-state index in [4.69, 9.17) is 18.9 Å². The van der Waals surface area contributed by atoms with Crippen LogP contribution in [0.3, 0.4) is 0 Å². The molecule has 0 saturated carbocycles. The van der Waals surface area contributed by atoms with E-state index < -0.39 is 24.3 Å². The Bertz CT molecular complexity index is 1010. The molecular weight excluding hydrogens is 731 g/mol. The number of esters is 2. The van der Waals surface area contributed by atoms with Crippen LogP contribution in [0.5, 0.6) is 0 Å². The molecule has 0 aromatic heterocycles. The topological polar surface area (TPSA) is 111 Å². The van der Waals surface area contributed by atoms with Crippen LogP contribution in [-0.4, -0.2) is 82.3 Å². The van der Waals surface area contributed by atoms with Gasteiger partial charge in [-0.3, -0.25) is 9.59 Å². The Morgan fingerprint density at radius 3 is 1.43 bits per heavy atom. The average molecular weight is 822 g/mol. The van der Waals surface area contributed by atoms with Crippen LogP contribution in [0.2, 0.25) is 0 Å². The van der Waals surface area contributed by atoms with Crippen molar-refractivity contribution in [1.82, 2.24) is 0 Å². The van der Waals surface area contributed by atoms with Gasteiger partial charge in [-0.1, -0.05) is 186 Å². The summed E-state index contributed by atoms with van der Waals surface area (Å²) in [7, 11) is 5.91. The summed E-state index contributed by atoms with van der Waals surface area (Å²) in [4.78, 5) is 37.0. The van der Waals surface area contributed by atoms with Crippen LogP contribution in [0.15, 0.2) is 24.3 Å². The Labute approximate surface area is 357 Å². The SMILES string of the molecule is CCC/C=C\C/C=C\CCCCCCCC(=O)OC(COC(=O)CCCCCCCCCCCCCCCCCCCCCC)COC(OCC[N+](C)(C)C)C(=O)[O-]. The maximum atomic E-state index is 12.7. The van der Waals surface area contributed by atoms with Gasteiger partial charge in [0.2, 0.25) is 0 Å². The van der Waals surface area contributed by atoms with Gasteiger partial charge in [-0.15, -0.1) is 0 Å². The molecule has 58 heavy (non-hydrogen) atoms. The second kappa shape index (κ2) is 41.5. The van der Waals surface area contributed by atoms with E-state index in [0.29, 0.717) is 23.9 Å². The molecule has 0 aromatic carbocycles. The number of carbonyl (C=O) groups is 3. The molecule has 0 saturated heterocycles. The van der Waals surface area contributed by atoms with Gasteiger partial charge in [0.05, 0.1) is 40.3 Å². The van der Waals surface area contributed by atoms with E-state index in [9.17, 15) is 19.5 Å². The summed E-state index contributed by atoms with van der Waals surface area (Å²) in [5, 5.41) is 11.7. The number of quaternary nitrogens is 1. The Hall–Kier alpha value is -2.23. The number of aliphatic carboxylic acids is 1. The highest BCUT2D eigenvalue weighted by molar-refractivity contribution is 5.70. The molecule has 0 aliphatic carbocycles. The first-order valence-corrected chi connectivity index (χ1v) is 24.0. The fourth-order valence-corrected chi connectivity index (χ4v) is 6.69. The van der Waals surface area contributed by atoms with Crippen LogP contribution in [0.4, 0.5) is 0 Å². The fraction of sp³-hybridized carbons (Fsp3) is 0.857. The Kier molecular flexibility index (Phi) is 39.9. The van der Waals surface area contributed by atoms with Crippen LogP contribution < -0.4 is 5.11 Å². The molecule has 340 valence electrons. The lowest BCUT2D eigenvalue weighted by atomic mass is 10.0. The molecule has 0 spiro atoms. The minimum Gasteiger partial charge on any atom is -0.545 e. The molecule has 0 radical (unpaired) electrons. The van der Waals surface area contributed by atoms with Crippen molar-refractivity contribution in [2.75, 3.05) is 47.5 Å². The summed E-state index contributed by atoms with van der Waals surface area (Å²) in [5.41, 5.74) is 0. The van der Waals surface area contributed by atoms with E-state index >= 15 is 0 Å². The first-order valence-electron chi connectivity index (χ1n) is 24.0. The van der Waals surface area contributed by atoms with E-state index in [1.807, 2.05) is 21.1 Å². The van der Waals surface area contributed by atoms with Crippen LogP contribution in [0, 0.1) is 0 Å². The van der Waals surface area contributed by atoms with Crippen molar-refractivity contribution in [2.45, 2.75) is 225 Å². The molecular formula is C49H91NO8. The maximum Gasteiger partial charge on any atom is 0.306 e. The zero-order valence-electron chi connectivity index (χ0n) is 38.4. The fourth-order valence-electron chi connectivity index (χ4n) is 6.69. The van der Waals surface area contributed by atoms with E-state index in [1.165, 1.54) is 116 Å². The van der Waals surface area contributed by atoms with Crippen molar-refractivity contribution >= 4 is 17.9 Å². The van der Waals surface area contributed by atoms with E-state index in [2.05, 4.69) is 38.2 Å². The number of hydrogen-bond acceptors (Lipinski definition) is 8. The number of allylic oxidation sites excluding steroid dienone is 4. The second-order valence-electron chi connectivity index (χ2n) is 17.4. The molecule has 2 unspecified atom stereocenters. The number of carbonyl (C=O) groups excluding carboxylic acids is 3. The molecule has 0 aromatic rings. The van der Waals surface area contributed by atoms with E-state index in [0.717, 1.165) is 64.2 Å². The molecule has 0 aliphatic heterocycles. The average Bonchev–Trinajstić information content (AvgIpc) is 3.18. The second-order valence-corrected chi connectivity index (χ2v) is 17.4. The van der Waals surface area contributed by atoms with Crippen LogP contribution >= 0.6 is 0 Å². The van der Waals surface area contributed by atoms with Crippen LogP contribution in [0.25, 0.3) is 0 Å². The summed E-state index contributed by atoms with van der Waals surface area (Å²) in [6.45, 7) is 4.68. The zero-order chi connectivity index (χ0) is 42.8. The Morgan fingerprint density at radius 1 is 0.517 bits per heavy atom. The lowest BCUT2D eigenvalue weighted by Gasteiger charge is -2.26. The van der Waals surface area contributed by atoms with E-state index in [-0.39, 0.29) is 32.2 Å². The number of carboxylic acids is 1. The number of unbranched alkanes of at least 4 members (excludes halogenated alkanes) is 25. The smallest absolute Gasteiger partial charge is 0.306 e. The number of nitrogens with zero attached hydrogens (tertiary/aromatic N) is 1. The quantitative estimate of drug-likeness (QED) is 0.0196.